The SMILES string of the molecule is COCCn1c(-c2cc(O)cc(O)c2)n[nH]c1=S. The molecule has 7 heteroatoms. The van der Waals surface area contributed by atoms with Crippen molar-refractivity contribution in [1.29, 1.82) is 0 Å². The van der Waals surface area contributed by atoms with Crippen molar-refractivity contribution in [3.63, 3.8) is 0 Å². The van der Waals surface area contributed by atoms with Crippen molar-refractivity contribution in [3.05, 3.63) is 23.0 Å². The highest BCUT2D eigenvalue weighted by Crippen LogP contribution is 2.27. The Kier molecular flexibility index (Phi) is 3.63. The molecule has 3 N–H and O–H groups in total. The van der Waals surface area contributed by atoms with Gasteiger partial charge in [0.1, 0.15) is 11.5 Å². The van der Waals surface area contributed by atoms with Crippen molar-refractivity contribution in [1.82, 2.24) is 14.8 Å². The van der Waals surface area contributed by atoms with Crippen LogP contribution < -0.4 is 0 Å². The van der Waals surface area contributed by atoms with Gasteiger partial charge in [-0.25, -0.2) is 0 Å². The zero-order valence-corrected chi connectivity index (χ0v) is 10.6. The maximum atomic E-state index is 9.47. The lowest BCUT2D eigenvalue weighted by atomic mass is 10.2. The first-order valence-corrected chi connectivity index (χ1v) is 5.70. The second-order valence-electron chi connectivity index (χ2n) is 3.73. The lowest BCUT2D eigenvalue weighted by molar-refractivity contribution is 0.187. The molecule has 0 atom stereocenters. The maximum Gasteiger partial charge on any atom is 0.195 e. The smallest absolute Gasteiger partial charge is 0.195 e. The number of hydrogen-bond acceptors (Lipinski definition) is 5. The number of rotatable bonds is 4. The number of aromatic amines is 1. The Morgan fingerprint density at radius 1 is 1.33 bits per heavy atom. The van der Waals surface area contributed by atoms with Crippen LogP contribution in [0, 0.1) is 4.77 Å². The highest BCUT2D eigenvalue weighted by molar-refractivity contribution is 7.71. The third kappa shape index (κ3) is 2.52. The van der Waals surface area contributed by atoms with E-state index in [1.807, 2.05) is 0 Å². The van der Waals surface area contributed by atoms with Gasteiger partial charge in [-0.2, -0.15) is 5.10 Å². The number of benzene rings is 1. The average Bonchev–Trinajstić information content (AvgIpc) is 2.67. The molecule has 0 bridgehead atoms. The van der Waals surface area contributed by atoms with Crippen LogP contribution in [0.3, 0.4) is 0 Å². The van der Waals surface area contributed by atoms with Gasteiger partial charge in [0, 0.05) is 18.7 Å². The van der Waals surface area contributed by atoms with E-state index in [1.54, 1.807) is 11.7 Å². The number of nitrogens with one attached hydrogen (secondary N) is 1. The molecule has 0 aliphatic rings. The Bertz CT molecular complexity index is 586. The summed E-state index contributed by atoms with van der Waals surface area (Å²) in [5.74, 6) is 0.484. The van der Waals surface area contributed by atoms with Gasteiger partial charge in [0.25, 0.3) is 0 Å². The minimum atomic E-state index is -0.0304. The molecule has 1 aromatic carbocycles. The van der Waals surface area contributed by atoms with Crippen LogP contribution in [0.4, 0.5) is 0 Å². The number of H-pyrrole nitrogens is 1. The summed E-state index contributed by atoms with van der Waals surface area (Å²) >= 11 is 5.12. The molecule has 0 saturated heterocycles. The molecule has 0 radical (unpaired) electrons. The predicted octanol–water partition coefficient (Wildman–Crippen LogP) is 1.67. The van der Waals surface area contributed by atoms with E-state index in [1.165, 1.54) is 18.2 Å². The monoisotopic (exact) mass is 267 g/mol. The van der Waals surface area contributed by atoms with Gasteiger partial charge in [-0.3, -0.25) is 9.67 Å². The number of hydrogen-bond donors (Lipinski definition) is 3. The standard InChI is InChI=1S/C11H13N3O3S/c1-17-3-2-14-10(12-13-11(14)18)7-4-8(15)6-9(16)5-7/h4-6,15-16H,2-3H2,1H3,(H,13,18). The number of methoxy groups -OCH3 is 1. The molecule has 6 nitrogen and oxygen atoms in total. The summed E-state index contributed by atoms with van der Waals surface area (Å²) in [6.07, 6.45) is 0. The third-order valence-electron chi connectivity index (χ3n) is 2.44. The highest BCUT2D eigenvalue weighted by Gasteiger charge is 2.10. The molecule has 18 heavy (non-hydrogen) atoms. The fraction of sp³-hybridized carbons (Fsp3) is 0.273. The summed E-state index contributed by atoms with van der Waals surface area (Å²) in [4.78, 5) is 0. The van der Waals surface area contributed by atoms with Crippen molar-refractivity contribution < 1.29 is 14.9 Å². The van der Waals surface area contributed by atoms with E-state index in [0.29, 0.717) is 29.3 Å². The molecule has 0 spiro atoms. The van der Waals surface area contributed by atoms with E-state index in [9.17, 15) is 10.2 Å². The van der Waals surface area contributed by atoms with Gasteiger partial charge >= 0.3 is 0 Å². The number of nitrogens with zero attached hydrogens (tertiary/aromatic N) is 2. The zero-order chi connectivity index (χ0) is 13.1. The number of phenols is 2. The van der Waals surface area contributed by atoms with Gasteiger partial charge in [-0.05, 0) is 24.4 Å². The van der Waals surface area contributed by atoms with Crippen molar-refractivity contribution in [2.75, 3.05) is 13.7 Å². The van der Waals surface area contributed by atoms with E-state index >= 15 is 0 Å². The molecule has 1 aromatic heterocycles. The van der Waals surface area contributed by atoms with E-state index in [-0.39, 0.29) is 11.5 Å². The van der Waals surface area contributed by atoms with E-state index < -0.39 is 0 Å². The van der Waals surface area contributed by atoms with Crippen molar-refractivity contribution in [2.24, 2.45) is 0 Å². The normalized spacial score (nSPS) is 10.7. The predicted molar refractivity (Wildman–Crippen MR) is 68.1 cm³/mol. The fourth-order valence-electron chi connectivity index (χ4n) is 1.65. The maximum absolute atomic E-state index is 9.47. The molecule has 0 unspecified atom stereocenters. The van der Waals surface area contributed by atoms with Gasteiger partial charge in [-0.15, -0.1) is 0 Å². The van der Waals surface area contributed by atoms with Gasteiger partial charge in [0.05, 0.1) is 13.2 Å². The molecule has 2 rings (SSSR count). The van der Waals surface area contributed by atoms with Crippen LogP contribution in [0.25, 0.3) is 11.4 Å². The fourth-order valence-corrected chi connectivity index (χ4v) is 1.88. The summed E-state index contributed by atoms with van der Waals surface area (Å²) < 4.78 is 7.21. The third-order valence-corrected chi connectivity index (χ3v) is 2.75. The van der Waals surface area contributed by atoms with E-state index in [2.05, 4.69) is 10.2 Å². The highest BCUT2D eigenvalue weighted by atomic mass is 32.1. The van der Waals surface area contributed by atoms with Crippen LogP contribution >= 0.6 is 12.2 Å². The summed E-state index contributed by atoms with van der Waals surface area (Å²) in [5.41, 5.74) is 0.580. The largest absolute Gasteiger partial charge is 0.508 e. The Balaban J connectivity index is 2.47. The van der Waals surface area contributed by atoms with Crippen LogP contribution in [-0.2, 0) is 11.3 Å². The lowest BCUT2D eigenvalue weighted by Gasteiger charge is -2.07. The number of aromatic hydroxyl groups is 2. The summed E-state index contributed by atoms with van der Waals surface area (Å²) in [5, 5.41) is 25.7. The topological polar surface area (TPSA) is 83.3 Å². The van der Waals surface area contributed by atoms with Crippen molar-refractivity contribution in [3.8, 4) is 22.9 Å². The molecule has 0 amide bonds. The minimum absolute atomic E-state index is 0.0304. The second kappa shape index (κ2) is 5.19. The first-order valence-electron chi connectivity index (χ1n) is 5.29. The van der Waals surface area contributed by atoms with Crippen molar-refractivity contribution in [2.45, 2.75) is 6.54 Å². The average molecular weight is 267 g/mol. The first-order chi connectivity index (χ1) is 8.61. The van der Waals surface area contributed by atoms with Crippen LogP contribution in [-0.4, -0.2) is 38.7 Å². The molecule has 2 aromatic rings. The lowest BCUT2D eigenvalue weighted by Crippen LogP contribution is -2.06. The Morgan fingerprint density at radius 3 is 2.61 bits per heavy atom. The Labute approximate surface area is 108 Å². The molecule has 0 aliphatic heterocycles. The summed E-state index contributed by atoms with van der Waals surface area (Å²) in [6.45, 7) is 1.03. The molecule has 0 fully saturated rings. The minimum Gasteiger partial charge on any atom is -0.508 e. The van der Waals surface area contributed by atoms with Gasteiger partial charge in [0.2, 0.25) is 0 Å². The molecule has 96 valence electrons. The number of aromatic nitrogens is 3. The zero-order valence-electron chi connectivity index (χ0n) is 9.75. The second-order valence-corrected chi connectivity index (χ2v) is 4.12. The molecule has 0 saturated carbocycles. The molecule has 0 aliphatic carbocycles. The molecule has 1 heterocycles. The van der Waals surface area contributed by atoms with Crippen LogP contribution in [0.2, 0.25) is 0 Å². The Hall–Kier alpha value is -1.86. The van der Waals surface area contributed by atoms with Crippen LogP contribution in [0.5, 0.6) is 11.5 Å². The first kappa shape index (κ1) is 12.6. The van der Waals surface area contributed by atoms with Gasteiger partial charge in [-0.1, -0.05) is 0 Å². The van der Waals surface area contributed by atoms with E-state index in [4.69, 9.17) is 17.0 Å². The van der Waals surface area contributed by atoms with Crippen molar-refractivity contribution >= 4 is 12.2 Å². The quantitative estimate of drug-likeness (QED) is 0.734. The summed E-state index contributed by atoms with van der Waals surface area (Å²) in [6, 6.07) is 4.27. The van der Waals surface area contributed by atoms with E-state index in [0.717, 1.165) is 0 Å². The number of phenolic OH excluding ortho intramolecular Hbond substituents is 2. The summed E-state index contributed by atoms with van der Waals surface area (Å²) in [7, 11) is 1.60. The number of ether oxygens (including phenoxy) is 1. The van der Waals surface area contributed by atoms with Crippen LogP contribution in [0.15, 0.2) is 18.2 Å². The molecular weight excluding hydrogens is 254 g/mol. The Morgan fingerprint density at radius 2 is 2.00 bits per heavy atom. The molecular formula is C11H13N3O3S. The van der Waals surface area contributed by atoms with Gasteiger partial charge < -0.3 is 14.9 Å². The van der Waals surface area contributed by atoms with Gasteiger partial charge in [0.15, 0.2) is 10.6 Å². The van der Waals surface area contributed by atoms with Crippen LogP contribution in [0.1, 0.15) is 0 Å².